The van der Waals surface area contributed by atoms with Crippen LogP contribution in [0.2, 0.25) is 0 Å². The van der Waals surface area contributed by atoms with Crippen LogP contribution >= 0.6 is 0 Å². The van der Waals surface area contributed by atoms with Crippen molar-refractivity contribution in [3.05, 3.63) is 36.5 Å². The fourth-order valence-corrected chi connectivity index (χ4v) is 8.15. The van der Waals surface area contributed by atoms with E-state index in [4.69, 9.17) is 18.9 Å². The van der Waals surface area contributed by atoms with E-state index >= 15 is 0 Å². The molecule has 0 amide bonds. The number of hydrogen-bond donors (Lipinski definition) is 0. The number of carbonyl (C=O) groups is 3. The fourth-order valence-electron chi connectivity index (χ4n) is 8.15. The van der Waals surface area contributed by atoms with Crippen molar-refractivity contribution < 1.29 is 42.9 Å². The molecule has 0 bridgehead atoms. The highest BCUT2D eigenvalue weighted by Gasteiger charge is 2.22. The second-order valence-electron chi connectivity index (χ2n) is 20.6. The molecule has 0 aromatic carbocycles. The summed E-state index contributed by atoms with van der Waals surface area (Å²) in [4.78, 5) is 37.2. The molecule has 0 saturated carbocycles. The minimum absolute atomic E-state index is 0.147. The lowest BCUT2D eigenvalue weighted by molar-refractivity contribution is -0.870. The number of ether oxygens (including phenoxy) is 4. The van der Waals surface area contributed by atoms with E-state index in [1.165, 1.54) is 180 Å². The Hall–Kier alpha value is -2.49. The number of quaternary nitrogens is 1. The number of allylic oxidation sites excluding steroid dienone is 6. The third-order valence-corrected chi connectivity index (χ3v) is 12.6. The molecule has 0 spiro atoms. The van der Waals surface area contributed by atoms with Crippen molar-refractivity contribution in [2.24, 2.45) is 0 Å². The Morgan fingerprint density at radius 1 is 0.441 bits per heavy atom. The Bertz CT molecular complexity index is 1210. The van der Waals surface area contributed by atoms with Gasteiger partial charge in [0, 0.05) is 12.8 Å². The van der Waals surface area contributed by atoms with Crippen LogP contribution in [0, 0.1) is 0 Å². The van der Waals surface area contributed by atoms with Crippen LogP contribution in [-0.2, 0) is 33.3 Å². The predicted octanol–water partition coefficient (Wildman–Crippen LogP) is 15.2. The number of rotatable bonds is 53. The number of hydrogen-bond acceptors (Lipinski definition) is 8. The number of carboxylic acids is 1. The van der Waals surface area contributed by atoms with Crippen molar-refractivity contribution in [1.82, 2.24) is 0 Å². The monoisotopic (exact) mass is 960 g/mol. The quantitative estimate of drug-likeness (QED) is 0.0195. The molecule has 2 atom stereocenters. The zero-order valence-corrected chi connectivity index (χ0v) is 45.2. The van der Waals surface area contributed by atoms with Gasteiger partial charge in [-0.2, -0.15) is 0 Å². The van der Waals surface area contributed by atoms with Crippen LogP contribution in [0.1, 0.15) is 264 Å². The Labute approximate surface area is 420 Å². The van der Waals surface area contributed by atoms with E-state index in [1.54, 1.807) is 0 Å². The molecule has 398 valence electrons. The fraction of sp³-hybridized carbons (Fsp3) is 0.847. The van der Waals surface area contributed by atoms with E-state index in [2.05, 4.69) is 50.3 Å². The number of aliphatic carboxylic acids is 1. The summed E-state index contributed by atoms with van der Waals surface area (Å²) in [5.74, 6) is -2.28. The van der Waals surface area contributed by atoms with E-state index in [1.807, 2.05) is 21.1 Å². The number of esters is 2. The Morgan fingerprint density at radius 2 is 0.794 bits per heavy atom. The molecule has 0 radical (unpaired) electrons. The van der Waals surface area contributed by atoms with Crippen LogP contribution in [0.25, 0.3) is 0 Å². The standard InChI is InChI=1S/C59H109NO8/c1-6-8-10-12-14-16-18-20-22-24-26-27-28-29-30-31-32-34-35-37-39-41-43-45-47-49-56(61)66-53-55(54-67-59(58(63)64)65-52-51-60(3,4)5)68-57(62)50-48-46-44-42-40-38-36-33-25-23-21-19-17-15-13-11-9-7-2/h17,19,23-26,55,59H,6-16,18,20-22,27-54H2,1-5H3/b19-17-,25-23-,26-24-. The van der Waals surface area contributed by atoms with Gasteiger partial charge in [0.05, 0.1) is 40.3 Å². The van der Waals surface area contributed by atoms with Gasteiger partial charge in [0.25, 0.3) is 0 Å². The average Bonchev–Trinajstić information content (AvgIpc) is 3.30. The highest BCUT2D eigenvalue weighted by Crippen LogP contribution is 2.16. The van der Waals surface area contributed by atoms with Gasteiger partial charge in [-0.3, -0.25) is 9.59 Å². The van der Waals surface area contributed by atoms with Crippen LogP contribution in [0.4, 0.5) is 0 Å². The van der Waals surface area contributed by atoms with Crippen molar-refractivity contribution in [1.29, 1.82) is 0 Å². The smallest absolute Gasteiger partial charge is 0.306 e. The maximum absolute atomic E-state index is 12.8. The van der Waals surface area contributed by atoms with Crippen molar-refractivity contribution in [2.75, 3.05) is 47.5 Å². The number of carboxylic acid groups (broad SMARTS) is 1. The third kappa shape index (κ3) is 51.4. The summed E-state index contributed by atoms with van der Waals surface area (Å²) in [5.41, 5.74) is 0. The first kappa shape index (κ1) is 65.5. The van der Waals surface area contributed by atoms with E-state index in [-0.39, 0.29) is 32.2 Å². The lowest BCUT2D eigenvalue weighted by atomic mass is 10.0. The molecule has 68 heavy (non-hydrogen) atoms. The highest BCUT2D eigenvalue weighted by atomic mass is 16.7. The maximum atomic E-state index is 12.8. The van der Waals surface area contributed by atoms with Crippen molar-refractivity contribution in [3.8, 4) is 0 Å². The minimum atomic E-state index is -1.62. The van der Waals surface area contributed by atoms with Gasteiger partial charge in [0.2, 0.25) is 0 Å². The molecule has 0 aliphatic heterocycles. The van der Waals surface area contributed by atoms with E-state index in [9.17, 15) is 19.5 Å². The predicted molar refractivity (Wildman–Crippen MR) is 283 cm³/mol. The van der Waals surface area contributed by atoms with Crippen LogP contribution in [0.3, 0.4) is 0 Å². The highest BCUT2D eigenvalue weighted by molar-refractivity contribution is 5.70. The summed E-state index contributed by atoms with van der Waals surface area (Å²) in [5, 5.41) is 11.8. The molecule has 0 rings (SSSR count). The first-order chi connectivity index (χ1) is 33.1. The van der Waals surface area contributed by atoms with Gasteiger partial charge < -0.3 is 33.3 Å². The van der Waals surface area contributed by atoms with Crippen molar-refractivity contribution >= 4 is 17.9 Å². The molecule has 0 heterocycles. The number of nitrogens with zero attached hydrogens (tertiary/aromatic N) is 1. The Morgan fingerprint density at radius 3 is 1.19 bits per heavy atom. The molecule has 9 nitrogen and oxygen atoms in total. The normalized spacial score (nSPS) is 13.0. The van der Waals surface area contributed by atoms with E-state index in [0.29, 0.717) is 23.9 Å². The zero-order valence-electron chi connectivity index (χ0n) is 45.2. The SMILES string of the molecule is CCCCCC/C=C\C/C=C\CCCCCCCCCC(=O)OC(COC(=O)CCCCCCCCCCCCCCC/C=C\CCCCCCCCCC)COC(OCC[N+](C)(C)C)C(=O)[O-]. The minimum Gasteiger partial charge on any atom is -0.545 e. The average molecular weight is 961 g/mol. The van der Waals surface area contributed by atoms with Gasteiger partial charge in [-0.15, -0.1) is 0 Å². The van der Waals surface area contributed by atoms with Gasteiger partial charge in [-0.05, 0) is 70.6 Å². The lowest BCUT2D eigenvalue weighted by Gasteiger charge is -2.26. The van der Waals surface area contributed by atoms with E-state index < -0.39 is 24.3 Å². The molecule has 0 aromatic rings. The molecule has 0 saturated heterocycles. The topological polar surface area (TPSA) is 111 Å². The Kier molecular flexibility index (Phi) is 49.0. The lowest BCUT2D eigenvalue weighted by Crippen LogP contribution is -2.44. The summed E-state index contributed by atoms with van der Waals surface area (Å²) < 4.78 is 22.7. The second kappa shape index (κ2) is 50.9. The zero-order chi connectivity index (χ0) is 49.9. The van der Waals surface area contributed by atoms with Gasteiger partial charge in [0.1, 0.15) is 13.2 Å². The summed E-state index contributed by atoms with van der Waals surface area (Å²) >= 11 is 0. The van der Waals surface area contributed by atoms with Gasteiger partial charge in [-0.1, -0.05) is 217 Å². The van der Waals surface area contributed by atoms with Crippen molar-refractivity contribution in [2.45, 2.75) is 277 Å². The first-order valence-electron chi connectivity index (χ1n) is 28.6. The number of unbranched alkanes of at least 4 members (excludes halogenated alkanes) is 32. The van der Waals surface area contributed by atoms with Gasteiger partial charge in [-0.25, -0.2) is 0 Å². The summed E-state index contributed by atoms with van der Waals surface area (Å²) in [6, 6.07) is 0. The largest absolute Gasteiger partial charge is 0.545 e. The molecular formula is C59H109NO8. The number of likely N-dealkylation sites (N-methyl/N-ethyl adjacent to an activating group) is 1. The molecule has 0 aromatic heterocycles. The molecule has 0 fully saturated rings. The summed E-state index contributed by atoms with van der Waals surface area (Å²) in [7, 11) is 5.92. The molecule has 9 heteroatoms. The van der Waals surface area contributed by atoms with Crippen LogP contribution in [0.5, 0.6) is 0 Å². The van der Waals surface area contributed by atoms with Gasteiger partial charge >= 0.3 is 11.9 Å². The van der Waals surface area contributed by atoms with E-state index in [0.717, 1.165) is 51.4 Å². The molecular weight excluding hydrogens is 851 g/mol. The third-order valence-electron chi connectivity index (χ3n) is 12.6. The molecule has 0 aliphatic rings. The van der Waals surface area contributed by atoms with Crippen LogP contribution in [-0.4, -0.2) is 82.3 Å². The molecule has 2 unspecified atom stereocenters. The van der Waals surface area contributed by atoms with Crippen molar-refractivity contribution in [3.63, 3.8) is 0 Å². The second-order valence-corrected chi connectivity index (χ2v) is 20.6. The molecule has 0 aliphatic carbocycles. The first-order valence-corrected chi connectivity index (χ1v) is 28.6. The number of carbonyl (C=O) groups excluding carboxylic acids is 3. The Balaban J connectivity index is 4.22. The molecule has 0 N–H and O–H groups in total. The van der Waals surface area contributed by atoms with Gasteiger partial charge in [0.15, 0.2) is 12.4 Å². The summed E-state index contributed by atoms with van der Waals surface area (Å²) in [6.07, 6.45) is 57.6. The summed E-state index contributed by atoms with van der Waals surface area (Å²) in [6.45, 7) is 4.75. The van der Waals surface area contributed by atoms with Crippen LogP contribution in [0.15, 0.2) is 36.5 Å². The van der Waals surface area contributed by atoms with Crippen LogP contribution < -0.4 is 5.11 Å². The maximum Gasteiger partial charge on any atom is 0.306 e.